The molecule has 3 rings (SSSR count). The van der Waals surface area contributed by atoms with Crippen molar-refractivity contribution >= 4 is 16.9 Å². The minimum absolute atomic E-state index is 0.200. The molecule has 1 N–H and O–H groups in total. The largest absolute Gasteiger partial charge is 0.459 e. The number of hydrogen-bond acceptors (Lipinski definition) is 4. The second kappa shape index (κ2) is 5.85. The van der Waals surface area contributed by atoms with E-state index in [9.17, 15) is 9.59 Å². The number of hydrogen-bond donors (Lipinski definition) is 1. The predicted molar refractivity (Wildman–Crippen MR) is 81.8 cm³/mol. The average Bonchev–Trinajstić information content (AvgIpc) is 2.99. The molecule has 0 unspecified atom stereocenters. The minimum atomic E-state index is -0.209. The highest BCUT2D eigenvalue weighted by molar-refractivity contribution is 5.93. The van der Waals surface area contributed by atoms with E-state index < -0.39 is 0 Å². The SMILES string of the molecule is Cc1ccc(C(=O)NCCn2ccc3ccoc3c2=O)cn1. The maximum absolute atomic E-state index is 12.1. The molecule has 3 aromatic rings. The topological polar surface area (TPSA) is 77.1 Å². The summed E-state index contributed by atoms with van der Waals surface area (Å²) >= 11 is 0. The first kappa shape index (κ1) is 14.1. The number of furan rings is 1. The summed E-state index contributed by atoms with van der Waals surface area (Å²) in [4.78, 5) is 28.1. The molecule has 6 heteroatoms. The van der Waals surface area contributed by atoms with Crippen LogP contribution in [0.5, 0.6) is 0 Å². The van der Waals surface area contributed by atoms with Gasteiger partial charge in [-0.2, -0.15) is 0 Å². The Kier molecular flexibility index (Phi) is 3.74. The summed E-state index contributed by atoms with van der Waals surface area (Å²) in [6.45, 7) is 2.58. The van der Waals surface area contributed by atoms with Gasteiger partial charge in [0, 0.05) is 36.6 Å². The van der Waals surface area contributed by atoms with E-state index in [0.29, 0.717) is 24.2 Å². The fourth-order valence-corrected chi connectivity index (χ4v) is 2.16. The van der Waals surface area contributed by atoms with Crippen LogP contribution in [0.3, 0.4) is 0 Å². The molecule has 112 valence electrons. The number of pyridine rings is 2. The van der Waals surface area contributed by atoms with Crippen molar-refractivity contribution in [2.75, 3.05) is 6.54 Å². The number of aryl methyl sites for hydroxylation is 1. The van der Waals surface area contributed by atoms with Crippen LogP contribution < -0.4 is 10.9 Å². The molecule has 6 nitrogen and oxygen atoms in total. The van der Waals surface area contributed by atoms with Gasteiger partial charge in [0.1, 0.15) is 0 Å². The Morgan fingerprint density at radius 1 is 1.32 bits per heavy atom. The lowest BCUT2D eigenvalue weighted by Crippen LogP contribution is -2.30. The van der Waals surface area contributed by atoms with Gasteiger partial charge in [-0.25, -0.2) is 0 Å². The molecule has 0 bridgehead atoms. The minimum Gasteiger partial charge on any atom is -0.459 e. The quantitative estimate of drug-likeness (QED) is 0.795. The molecule has 3 aromatic heterocycles. The lowest BCUT2D eigenvalue weighted by Gasteiger charge is -2.07. The number of aromatic nitrogens is 2. The first-order valence-corrected chi connectivity index (χ1v) is 6.92. The summed E-state index contributed by atoms with van der Waals surface area (Å²) in [5.41, 5.74) is 1.49. The third-order valence-corrected chi connectivity index (χ3v) is 3.40. The smallest absolute Gasteiger partial charge is 0.294 e. The summed E-state index contributed by atoms with van der Waals surface area (Å²) in [6, 6.07) is 7.06. The number of fused-ring (bicyclic) bond motifs is 1. The van der Waals surface area contributed by atoms with Gasteiger partial charge in [-0.05, 0) is 31.2 Å². The Bertz CT molecular complexity index is 862. The number of nitrogens with one attached hydrogen (secondary N) is 1. The Balaban J connectivity index is 1.64. The lowest BCUT2D eigenvalue weighted by atomic mass is 10.2. The standard InChI is InChI=1S/C16H15N3O3/c1-11-2-3-13(10-18-11)15(20)17-6-8-19-7-4-12-5-9-22-14(12)16(19)21/h2-5,7,9-10H,6,8H2,1H3,(H,17,20). The molecule has 0 aromatic carbocycles. The van der Waals surface area contributed by atoms with Crippen LogP contribution in [0.25, 0.3) is 11.0 Å². The number of amides is 1. The molecule has 0 aliphatic heterocycles. The van der Waals surface area contributed by atoms with Crippen LogP contribution in [0.1, 0.15) is 16.1 Å². The summed E-state index contributed by atoms with van der Waals surface area (Å²) < 4.78 is 6.68. The van der Waals surface area contributed by atoms with Crippen molar-refractivity contribution in [2.24, 2.45) is 0 Å². The lowest BCUT2D eigenvalue weighted by molar-refractivity contribution is 0.0952. The molecule has 22 heavy (non-hydrogen) atoms. The third-order valence-electron chi connectivity index (χ3n) is 3.40. The zero-order valence-electron chi connectivity index (χ0n) is 12.1. The molecule has 0 fully saturated rings. The van der Waals surface area contributed by atoms with Gasteiger partial charge >= 0.3 is 0 Å². The Labute approximate surface area is 126 Å². The van der Waals surface area contributed by atoms with Crippen molar-refractivity contribution in [3.8, 4) is 0 Å². The molecular formula is C16H15N3O3. The summed E-state index contributed by atoms with van der Waals surface area (Å²) in [5.74, 6) is -0.209. The van der Waals surface area contributed by atoms with Crippen molar-refractivity contribution in [3.63, 3.8) is 0 Å². The van der Waals surface area contributed by atoms with Crippen molar-refractivity contribution < 1.29 is 9.21 Å². The number of rotatable bonds is 4. The average molecular weight is 297 g/mol. The summed E-state index contributed by atoms with van der Waals surface area (Å²) in [5, 5.41) is 3.54. The maximum Gasteiger partial charge on any atom is 0.294 e. The van der Waals surface area contributed by atoms with E-state index in [2.05, 4.69) is 10.3 Å². The molecule has 1 amide bonds. The van der Waals surface area contributed by atoms with Gasteiger partial charge in [0.15, 0.2) is 5.58 Å². The molecule has 0 aliphatic carbocycles. The van der Waals surface area contributed by atoms with E-state index in [4.69, 9.17) is 4.42 Å². The van der Waals surface area contributed by atoms with Crippen LogP contribution in [0.15, 0.2) is 52.1 Å². The molecule has 0 saturated carbocycles. The highest BCUT2D eigenvalue weighted by atomic mass is 16.3. The molecule has 0 saturated heterocycles. The fraction of sp³-hybridized carbons (Fsp3) is 0.188. The van der Waals surface area contributed by atoms with Crippen LogP contribution in [0.4, 0.5) is 0 Å². The number of carbonyl (C=O) groups excluding carboxylic acids is 1. The Morgan fingerprint density at radius 2 is 2.18 bits per heavy atom. The van der Waals surface area contributed by atoms with Gasteiger partial charge in [-0.3, -0.25) is 14.6 Å². The van der Waals surface area contributed by atoms with Crippen LogP contribution in [-0.2, 0) is 6.54 Å². The van der Waals surface area contributed by atoms with E-state index in [-0.39, 0.29) is 11.5 Å². The number of carbonyl (C=O) groups is 1. The van der Waals surface area contributed by atoms with Gasteiger partial charge in [0.05, 0.1) is 11.8 Å². The fourth-order valence-electron chi connectivity index (χ4n) is 2.16. The van der Waals surface area contributed by atoms with Crippen LogP contribution in [-0.4, -0.2) is 22.0 Å². The van der Waals surface area contributed by atoms with Gasteiger partial charge in [0.25, 0.3) is 11.5 Å². The zero-order chi connectivity index (χ0) is 15.5. The van der Waals surface area contributed by atoms with Gasteiger partial charge in [0.2, 0.25) is 0 Å². The van der Waals surface area contributed by atoms with Crippen molar-refractivity contribution in [2.45, 2.75) is 13.5 Å². The van der Waals surface area contributed by atoms with Crippen LogP contribution in [0, 0.1) is 6.92 Å². The summed E-state index contributed by atoms with van der Waals surface area (Å²) in [7, 11) is 0. The van der Waals surface area contributed by atoms with Crippen LogP contribution >= 0.6 is 0 Å². The monoisotopic (exact) mass is 297 g/mol. The van der Waals surface area contributed by atoms with Crippen molar-refractivity contribution in [1.29, 1.82) is 0 Å². The van der Waals surface area contributed by atoms with Gasteiger partial charge < -0.3 is 14.3 Å². The third kappa shape index (κ3) is 2.76. The molecular weight excluding hydrogens is 282 g/mol. The zero-order valence-corrected chi connectivity index (χ0v) is 12.1. The Hall–Kier alpha value is -2.89. The highest BCUT2D eigenvalue weighted by Crippen LogP contribution is 2.09. The van der Waals surface area contributed by atoms with Gasteiger partial charge in [-0.15, -0.1) is 0 Å². The first-order valence-electron chi connectivity index (χ1n) is 6.92. The first-order chi connectivity index (χ1) is 10.6. The molecule has 3 heterocycles. The summed E-state index contributed by atoms with van der Waals surface area (Å²) in [6.07, 6.45) is 4.72. The molecule has 0 radical (unpaired) electrons. The Morgan fingerprint density at radius 3 is 2.95 bits per heavy atom. The second-order valence-electron chi connectivity index (χ2n) is 4.96. The normalized spacial score (nSPS) is 10.8. The maximum atomic E-state index is 12.1. The molecule has 0 spiro atoms. The van der Waals surface area contributed by atoms with Crippen LogP contribution in [0.2, 0.25) is 0 Å². The van der Waals surface area contributed by atoms with E-state index in [1.807, 2.05) is 13.0 Å². The van der Waals surface area contributed by atoms with Crippen molar-refractivity contribution in [1.82, 2.24) is 14.9 Å². The second-order valence-corrected chi connectivity index (χ2v) is 4.96. The van der Waals surface area contributed by atoms with E-state index in [0.717, 1.165) is 11.1 Å². The van der Waals surface area contributed by atoms with Crippen molar-refractivity contribution in [3.05, 3.63) is 64.5 Å². The van der Waals surface area contributed by atoms with Gasteiger partial charge in [-0.1, -0.05) is 0 Å². The van der Waals surface area contributed by atoms with E-state index in [1.165, 1.54) is 17.0 Å². The molecule has 0 aliphatic rings. The van der Waals surface area contributed by atoms with E-state index in [1.54, 1.807) is 24.4 Å². The molecule has 0 atom stereocenters. The highest BCUT2D eigenvalue weighted by Gasteiger charge is 2.07. The number of nitrogens with zero attached hydrogens (tertiary/aromatic N) is 2. The predicted octanol–water partition coefficient (Wildman–Crippen LogP) is 1.73. The van der Waals surface area contributed by atoms with E-state index >= 15 is 0 Å².